The first-order valence-electron chi connectivity index (χ1n) is 8.84. The lowest BCUT2D eigenvalue weighted by molar-refractivity contribution is 0.412. The van der Waals surface area contributed by atoms with Gasteiger partial charge < -0.3 is 15.6 Å². The van der Waals surface area contributed by atoms with E-state index < -0.39 is 11.6 Å². The molecular weight excluding hydrogens is 376 g/mol. The SMILES string of the molecule is COc1cc(F)ccc1-c1c(F)ccc2c(N)c3c(O)n(C4=CC=C4)cc3nc12. The van der Waals surface area contributed by atoms with E-state index in [1.165, 1.54) is 37.4 Å². The lowest BCUT2D eigenvalue weighted by Crippen LogP contribution is -1.97. The molecule has 0 fully saturated rings. The van der Waals surface area contributed by atoms with Crippen molar-refractivity contribution in [3.8, 4) is 22.8 Å². The summed E-state index contributed by atoms with van der Waals surface area (Å²) in [6, 6.07) is 6.66. The summed E-state index contributed by atoms with van der Waals surface area (Å²) < 4.78 is 35.4. The van der Waals surface area contributed by atoms with Gasteiger partial charge in [0.2, 0.25) is 5.88 Å². The third-order valence-electron chi connectivity index (χ3n) is 5.12. The molecule has 2 aromatic carbocycles. The molecule has 1 aliphatic rings. The molecule has 3 N–H and O–H groups in total. The molecule has 144 valence electrons. The molecule has 0 radical (unpaired) electrons. The summed E-state index contributed by atoms with van der Waals surface area (Å²) >= 11 is 0. The topological polar surface area (TPSA) is 73.3 Å². The normalized spacial score (nSPS) is 13.0. The minimum absolute atomic E-state index is 0.0345. The van der Waals surface area contributed by atoms with Crippen molar-refractivity contribution in [1.29, 1.82) is 0 Å². The second-order valence-electron chi connectivity index (χ2n) is 6.72. The van der Waals surface area contributed by atoms with Gasteiger partial charge in [-0.3, -0.25) is 4.57 Å². The Hall–Kier alpha value is -3.87. The maximum absolute atomic E-state index is 14.9. The quantitative estimate of drug-likeness (QED) is 0.524. The van der Waals surface area contributed by atoms with Crippen LogP contribution in [0.15, 0.2) is 54.8 Å². The average Bonchev–Trinajstić information content (AvgIpc) is 2.97. The Morgan fingerprint density at radius 1 is 1.17 bits per heavy atom. The van der Waals surface area contributed by atoms with E-state index in [9.17, 15) is 13.9 Å². The van der Waals surface area contributed by atoms with Gasteiger partial charge >= 0.3 is 0 Å². The number of nitrogen functional groups attached to an aromatic ring is 1. The largest absolute Gasteiger partial charge is 0.496 e. The number of halogens is 2. The Bertz CT molecular complexity index is 1390. The molecule has 0 unspecified atom stereocenters. The molecule has 0 saturated carbocycles. The van der Waals surface area contributed by atoms with Gasteiger partial charge in [0.15, 0.2) is 0 Å². The van der Waals surface area contributed by atoms with Crippen LogP contribution in [0.5, 0.6) is 11.6 Å². The van der Waals surface area contributed by atoms with Crippen LogP contribution in [0.2, 0.25) is 0 Å². The van der Waals surface area contributed by atoms with Gasteiger partial charge in [-0.05, 0) is 36.4 Å². The van der Waals surface area contributed by atoms with E-state index >= 15 is 0 Å². The molecule has 0 atom stereocenters. The van der Waals surface area contributed by atoms with Gasteiger partial charge in [0, 0.05) is 34.5 Å². The number of anilines is 1. The van der Waals surface area contributed by atoms with Gasteiger partial charge in [0.1, 0.15) is 17.4 Å². The number of aromatic hydroxyl groups is 1. The van der Waals surface area contributed by atoms with E-state index in [4.69, 9.17) is 10.5 Å². The van der Waals surface area contributed by atoms with Crippen molar-refractivity contribution in [3.63, 3.8) is 0 Å². The first-order valence-corrected chi connectivity index (χ1v) is 8.84. The predicted molar refractivity (Wildman–Crippen MR) is 109 cm³/mol. The maximum Gasteiger partial charge on any atom is 0.207 e. The molecule has 7 heteroatoms. The van der Waals surface area contributed by atoms with Crippen molar-refractivity contribution in [2.45, 2.75) is 0 Å². The Morgan fingerprint density at radius 3 is 2.66 bits per heavy atom. The number of hydrogen-bond donors (Lipinski definition) is 2. The average molecular weight is 391 g/mol. The van der Waals surface area contributed by atoms with Gasteiger partial charge in [-0.25, -0.2) is 13.8 Å². The standard InChI is InChI=1S/C22H15F2N3O2/c1-29-17-9-11(23)5-6-13(17)18-15(24)8-7-14-20(25)19-16(26-21(14)18)10-27(22(19)28)12-3-2-4-12/h2-10,28H,25H2,1H3. The van der Waals surface area contributed by atoms with Gasteiger partial charge in [-0.1, -0.05) is 6.08 Å². The zero-order valence-electron chi connectivity index (χ0n) is 15.3. The van der Waals surface area contributed by atoms with Crippen LogP contribution in [0.25, 0.3) is 38.6 Å². The minimum atomic E-state index is -0.540. The van der Waals surface area contributed by atoms with E-state index in [1.54, 1.807) is 10.8 Å². The van der Waals surface area contributed by atoms with Gasteiger partial charge in [0.05, 0.1) is 29.2 Å². The van der Waals surface area contributed by atoms with Crippen LogP contribution in [0.4, 0.5) is 14.5 Å². The summed E-state index contributed by atoms with van der Waals surface area (Å²) in [6.45, 7) is 0. The summed E-state index contributed by atoms with van der Waals surface area (Å²) in [5, 5.41) is 11.5. The Morgan fingerprint density at radius 2 is 1.97 bits per heavy atom. The Labute approximate surface area is 164 Å². The van der Waals surface area contributed by atoms with E-state index in [-0.39, 0.29) is 22.9 Å². The first kappa shape index (κ1) is 17.2. The summed E-state index contributed by atoms with van der Waals surface area (Å²) in [5.41, 5.74) is 8.66. The molecule has 5 nitrogen and oxygen atoms in total. The number of nitrogens with two attached hydrogens (primary N) is 1. The molecule has 2 aromatic heterocycles. The summed E-state index contributed by atoms with van der Waals surface area (Å²) in [4.78, 5) is 4.59. The lowest BCUT2D eigenvalue weighted by atomic mass is 9.98. The van der Waals surface area contributed by atoms with Crippen LogP contribution >= 0.6 is 0 Å². The van der Waals surface area contributed by atoms with Crippen molar-refractivity contribution >= 4 is 33.2 Å². The smallest absolute Gasteiger partial charge is 0.207 e. The molecule has 1 aliphatic carbocycles. The number of hydrogen-bond acceptors (Lipinski definition) is 4. The molecule has 0 saturated heterocycles. The zero-order chi connectivity index (χ0) is 20.3. The monoisotopic (exact) mass is 391 g/mol. The van der Waals surface area contributed by atoms with E-state index in [0.717, 1.165) is 5.70 Å². The molecule has 29 heavy (non-hydrogen) atoms. The molecule has 0 amide bonds. The van der Waals surface area contributed by atoms with Gasteiger partial charge in [0.25, 0.3) is 0 Å². The molecule has 5 rings (SSSR count). The molecule has 2 heterocycles. The highest BCUT2D eigenvalue weighted by Crippen LogP contribution is 2.43. The summed E-state index contributed by atoms with van der Waals surface area (Å²) in [7, 11) is 1.39. The van der Waals surface area contributed by atoms with Crippen LogP contribution in [0, 0.1) is 11.6 Å². The summed E-state index contributed by atoms with van der Waals surface area (Å²) in [5.74, 6) is -0.887. The predicted octanol–water partition coefficient (Wildman–Crippen LogP) is 4.84. The molecule has 0 bridgehead atoms. The second-order valence-corrected chi connectivity index (χ2v) is 6.72. The van der Waals surface area contributed by atoms with E-state index in [1.807, 2.05) is 18.2 Å². The first-order chi connectivity index (χ1) is 14.0. The van der Waals surface area contributed by atoms with Crippen LogP contribution in [-0.2, 0) is 0 Å². The number of ether oxygens (including phenoxy) is 1. The van der Waals surface area contributed by atoms with E-state index in [2.05, 4.69) is 4.98 Å². The third-order valence-corrected chi connectivity index (χ3v) is 5.12. The van der Waals surface area contributed by atoms with Crippen LogP contribution in [0.1, 0.15) is 0 Å². The fourth-order valence-corrected chi connectivity index (χ4v) is 3.65. The summed E-state index contributed by atoms with van der Waals surface area (Å²) in [6.07, 6.45) is 7.17. The molecule has 4 aromatic rings. The van der Waals surface area contributed by atoms with Gasteiger partial charge in [-0.15, -0.1) is 0 Å². The second kappa shape index (κ2) is 6.07. The number of allylic oxidation sites excluding steroid dienone is 4. The van der Waals surface area contributed by atoms with Crippen molar-refractivity contribution in [3.05, 3.63) is 66.4 Å². The fourth-order valence-electron chi connectivity index (χ4n) is 3.65. The highest BCUT2D eigenvalue weighted by atomic mass is 19.1. The zero-order valence-corrected chi connectivity index (χ0v) is 15.3. The Balaban J connectivity index is 1.87. The highest BCUT2D eigenvalue weighted by Gasteiger charge is 2.22. The third kappa shape index (κ3) is 2.40. The maximum atomic E-state index is 14.9. The van der Waals surface area contributed by atoms with Gasteiger partial charge in [-0.2, -0.15) is 0 Å². The number of fused-ring (bicyclic) bond motifs is 2. The number of benzene rings is 2. The molecule has 0 spiro atoms. The number of nitrogens with zero attached hydrogens (tertiary/aromatic N) is 2. The van der Waals surface area contributed by atoms with Crippen molar-refractivity contribution in [2.24, 2.45) is 0 Å². The lowest BCUT2D eigenvalue weighted by Gasteiger charge is -2.13. The molecular formula is C22H15F2N3O2. The number of pyridine rings is 1. The number of aromatic nitrogens is 2. The van der Waals surface area contributed by atoms with Crippen molar-refractivity contribution < 1.29 is 18.6 Å². The van der Waals surface area contributed by atoms with Crippen molar-refractivity contribution in [2.75, 3.05) is 12.8 Å². The number of methoxy groups -OCH3 is 1. The van der Waals surface area contributed by atoms with Crippen molar-refractivity contribution in [1.82, 2.24) is 9.55 Å². The van der Waals surface area contributed by atoms with Crippen LogP contribution in [0.3, 0.4) is 0 Å². The minimum Gasteiger partial charge on any atom is -0.496 e. The molecule has 0 aliphatic heterocycles. The number of rotatable bonds is 3. The van der Waals surface area contributed by atoms with Crippen LogP contribution in [-0.4, -0.2) is 21.8 Å². The van der Waals surface area contributed by atoms with E-state index in [0.29, 0.717) is 27.4 Å². The van der Waals surface area contributed by atoms with Crippen LogP contribution < -0.4 is 10.5 Å². The Kier molecular flexibility index (Phi) is 3.61. The fraction of sp³-hybridized carbons (Fsp3) is 0.0455. The highest BCUT2D eigenvalue weighted by molar-refractivity contribution is 6.13.